The zero-order valence-corrected chi connectivity index (χ0v) is 24.1. The highest BCUT2D eigenvalue weighted by Crippen LogP contribution is 2.57. The van der Waals surface area contributed by atoms with Crippen molar-refractivity contribution in [1.82, 2.24) is 0 Å². The minimum Gasteiger partial charge on any atom is -0.378 e. The van der Waals surface area contributed by atoms with Crippen molar-refractivity contribution in [1.29, 1.82) is 0 Å². The van der Waals surface area contributed by atoms with Crippen molar-refractivity contribution in [3.05, 3.63) is 47.5 Å². The molecule has 0 radical (unpaired) electrons. The molecule has 1 aliphatic carbocycles. The van der Waals surface area contributed by atoms with Crippen LogP contribution < -0.4 is 9.80 Å². The molecule has 2 nitrogen and oxygen atoms in total. The van der Waals surface area contributed by atoms with Gasteiger partial charge in [-0.2, -0.15) is 0 Å². The lowest BCUT2D eigenvalue weighted by Crippen LogP contribution is -2.32. The van der Waals surface area contributed by atoms with Gasteiger partial charge in [0.25, 0.3) is 0 Å². The predicted molar refractivity (Wildman–Crippen MR) is 157 cm³/mol. The van der Waals surface area contributed by atoms with Crippen molar-refractivity contribution in [2.24, 2.45) is 11.8 Å². The summed E-state index contributed by atoms with van der Waals surface area (Å²) in [6.07, 6.45) is 13.1. The summed E-state index contributed by atoms with van der Waals surface area (Å²) < 4.78 is 0. The van der Waals surface area contributed by atoms with Crippen molar-refractivity contribution in [3.8, 4) is 11.1 Å². The largest absolute Gasteiger partial charge is 0.378 e. The van der Waals surface area contributed by atoms with Crippen LogP contribution in [0, 0.1) is 11.8 Å². The molecule has 1 aliphatic rings. The van der Waals surface area contributed by atoms with E-state index in [0.29, 0.717) is 0 Å². The standard InChI is InChI=1S/C33H52N2/c1-9-13-15-25(11-3)23-33(24-26(12-4)16-14-10-2)31-21-27(34(5)6)17-19-29(31)30-20-18-28(35(7)8)22-32(30)33/h17-22,25-26H,9-16,23-24H2,1-8H3. The van der Waals surface area contributed by atoms with Gasteiger partial charge in [-0.25, -0.2) is 0 Å². The van der Waals surface area contributed by atoms with Gasteiger partial charge in [-0.05, 0) is 71.2 Å². The van der Waals surface area contributed by atoms with Gasteiger partial charge < -0.3 is 9.80 Å². The highest BCUT2D eigenvalue weighted by atomic mass is 15.1. The lowest BCUT2D eigenvalue weighted by Gasteiger charge is -2.39. The average molecular weight is 477 g/mol. The van der Waals surface area contributed by atoms with Crippen molar-refractivity contribution >= 4 is 11.4 Å². The van der Waals surface area contributed by atoms with Crippen LogP contribution in [-0.4, -0.2) is 28.2 Å². The normalized spacial score (nSPS) is 15.4. The van der Waals surface area contributed by atoms with E-state index in [9.17, 15) is 0 Å². The van der Waals surface area contributed by atoms with Gasteiger partial charge in [0, 0.05) is 45.0 Å². The molecule has 0 fully saturated rings. The molecule has 2 aromatic carbocycles. The van der Waals surface area contributed by atoms with Crippen molar-refractivity contribution in [3.63, 3.8) is 0 Å². The number of hydrogen-bond acceptors (Lipinski definition) is 2. The molecule has 35 heavy (non-hydrogen) atoms. The lowest BCUT2D eigenvalue weighted by molar-refractivity contribution is 0.266. The summed E-state index contributed by atoms with van der Waals surface area (Å²) in [5, 5.41) is 0. The molecule has 0 amide bonds. The van der Waals surface area contributed by atoms with Gasteiger partial charge in [0.05, 0.1) is 0 Å². The van der Waals surface area contributed by atoms with Crippen LogP contribution in [0.1, 0.15) is 103 Å². The molecule has 2 aromatic rings. The van der Waals surface area contributed by atoms with E-state index in [0.717, 1.165) is 11.8 Å². The average Bonchev–Trinajstić information content (AvgIpc) is 3.12. The van der Waals surface area contributed by atoms with Gasteiger partial charge in [0.2, 0.25) is 0 Å². The third-order valence-corrected chi connectivity index (χ3v) is 8.72. The monoisotopic (exact) mass is 476 g/mol. The maximum absolute atomic E-state index is 2.55. The Balaban J connectivity index is 2.25. The van der Waals surface area contributed by atoms with Crippen LogP contribution in [0.3, 0.4) is 0 Å². The van der Waals surface area contributed by atoms with Gasteiger partial charge in [0.1, 0.15) is 0 Å². The Hall–Kier alpha value is -1.96. The summed E-state index contributed by atoms with van der Waals surface area (Å²) >= 11 is 0. The Kier molecular flexibility index (Phi) is 9.73. The molecule has 0 aliphatic heterocycles. The fourth-order valence-electron chi connectivity index (χ4n) is 6.42. The van der Waals surface area contributed by atoms with E-state index < -0.39 is 0 Å². The maximum atomic E-state index is 2.55. The van der Waals surface area contributed by atoms with Crippen LogP contribution in [0.2, 0.25) is 0 Å². The lowest BCUT2D eigenvalue weighted by atomic mass is 9.65. The Morgan fingerprint density at radius 3 is 1.34 bits per heavy atom. The summed E-state index contributed by atoms with van der Waals surface area (Å²) in [5.41, 5.74) is 8.91. The zero-order valence-electron chi connectivity index (χ0n) is 24.1. The van der Waals surface area contributed by atoms with E-state index in [1.807, 2.05) is 0 Å². The molecule has 194 valence electrons. The van der Waals surface area contributed by atoms with Crippen molar-refractivity contribution in [2.75, 3.05) is 38.0 Å². The first-order valence-corrected chi connectivity index (χ1v) is 14.4. The van der Waals surface area contributed by atoms with E-state index in [-0.39, 0.29) is 5.41 Å². The molecule has 3 rings (SSSR count). The molecular weight excluding hydrogens is 424 g/mol. The second-order valence-electron chi connectivity index (χ2n) is 11.6. The number of anilines is 2. The number of fused-ring (bicyclic) bond motifs is 3. The van der Waals surface area contributed by atoms with Crippen LogP contribution in [0.25, 0.3) is 11.1 Å². The highest BCUT2D eigenvalue weighted by Gasteiger charge is 2.45. The minimum absolute atomic E-state index is 0.103. The number of nitrogens with zero attached hydrogens (tertiary/aromatic N) is 2. The predicted octanol–water partition coefficient (Wildman–Crippen LogP) is 9.30. The van der Waals surface area contributed by atoms with Gasteiger partial charge in [-0.15, -0.1) is 0 Å². The fraction of sp³-hybridized carbons (Fsp3) is 0.636. The molecule has 0 bridgehead atoms. The van der Waals surface area contributed by atoms with Gasteiger partial charge in [-0.1, -0.05) is 91.2 Å². The SMILES string of the molecule is CCCCC(CC)CC1(CC(CC)CCCC)c2cc(N(C)C)ccc2-c2ccc(N(C)C)cc21. The molecule has 2 unspecified atom stereocenters. The van der Waals surface area contributed by atoms with Crippen LogP contribution in [0.4, 0.5) is 11.4 Å². The minimum atomic E-state index is 0.103. The quantitative estimate of drug-likeness (QED) is 0.268. The summed E-state index contributed by atoms with van der Waals surface area (Å²) in [6.45, 7) is 9.53. The third-order valence-electron chi connectivity index (χ3n) is 8.72. The van der Waals surface area contributed by atoms with E-state index >= 15 is 0 Å². The van der Waals surface area contributed by atoms with Crippen LogP contribution in [-0.2, 0) is 5.41 Å². The van der Waals surface area contributed by atoms with Crippen LogP contribution in [0.5, 0.6) is 0 Å². The maximum Gasteiger partial charge on any atom is 0.0364 e. The highest BCUT2D eigenvalue weighted by molar-refractivity contribution is 5.84. The second-order valence-corrected chi connectivity index (χ2v) is 11.6. The molecule has 0 heterocycles. The number of unbranched alkanes of at least 4 members (excludes halogenated alkanes) is 2. The zero-order chi connectivity index (χ0) is 25.6. The summed E-state index contributed by atoms with van der Waals surface area (Å²) in [7, 11) is 8.73. The van der Waals surface area contributed by atoms with Gasteiger partial charge in [-0.3, -0.25) is 0 Å². The smallest absolute Gasteiger partial charge is 0.0364 e. The molecule has 0 spiro atoms. The number of rotatable bonds is 14. The first-order valence-electron chi connectivity index (χ1n) is 14.4. The summed E-state index contributed by atoms with van der Waals surface area (Å²) in [5.74, 6) is 1.53. The third kappa shape index (κ3) is 5.89. The molecule has 2 atom stereocenters. The van der Waals surface area contributed by atoms with Gasteiger partial charge in [0.15, 0.2) is 0 Å². The van der Waals surface area contributed by atoms with Gasteiger partial charge >= 0.3 is 0 Å². The van der Waals surface area contributed by atoms with E-state index in [4.69, 9.17) is 0 Å². The van der Waals surface area contributed by atoms with Crippen LogP contribution in [0.15, 0.2) is 36.4 Å². The number of benzene rings is 2. The molecule has 2 heteroatoms. The summed E-state index contributed by atoms with van der Waals surface area (Å²) in [4.78, 5) is 4.56. The molecule has 0 N–H and O–H groups in total. The second kappa shape index (κ2) is 12.3. The van der Waals surface area contributed by atoms with E-state index in [1.54, 1.807) is 11.1 Å². The summed E-state index contributed by atoms with van der Waals surface area (Å²) in [6, 6.07) is 14.6. The number of hydrogen-bond donors (Lipinski definition) is 0. The van der Waals surface area contributed by atoms with E-state index in [2.05, 4.69) is 102 Å². The first-order chi connectivity index (χ1) is 16.8. The first kappa shape index (κ1) is 27.6. The fourth-order valence-corrected chi connectivity index (χ4v) is 6.42. The molecule has 0 saturated carbocycles. The van der Waals surface area contributed by atoms with Crippen LogP contribution >= 0.6 is 0 Å². The van der Waals surface area contributed by atoms with E-state index in [1.165, 1.54) is 86.7 Å². The molecule has 0 aromatic heterocycles. The molecular formula is C33H52N2. The Labute approximate surface area is 217 Å². The van der Waals surface area contributed by atoms with Crippen molar-refractivity contribution in [2.45, 2.75) is 97.3 Å². The Morgan fingerprint density at radius 1 is 0.629 bits per heavy atom. The van der Waals surface area contributed by atoms with Crippen molar-refractivity contribution < 1.29 is 0 Å². The molecule has 0 saturated heterocycles. The Morgan fingerprint density at radius 2 is 1.03 bits per heavy atom. The topological polar surface area (TPSA) is 6.48 Å². The Bertz CT molecular complexity index is 865.